The Morgan fingerprint density at radius 3 is 2.26 bits per heavy atom. The van der Waals surface area contributed by atoms with E-state index in [1.165, 1.54) is 4.90 Å². The third kappa shape index (κ3) is 8.17. The van der Waals surface area contributed by atoms with Gasteiger partial charge in [-0.05, 0) is 48.7 Å². The zero-order valence-corrected chi connectivity index (χ0v) is 25.5. The molecule has 3 aromatic rings. The molecule has 0 unspecified atom stereocenters. The van der Waals surface area contributed by atoms with E-state index in [0.717, 1.165) is 21.7 Å². The standard InChI is InChI=1S/C31H36ClN3O6S/c1-4-22(2)33-31(37)27(18-23-8-6-5-7-9-23)34(20-24-10-12-25(32)13-11-24)30(36)21-35(42(3,38)39)26-14-15-28-29(19-26)41-17-16-40-28/h5-15,19,22,27H,4,16-18,20-21H2,1-3H3,(H,33,37)/t22-,27+/m0/s1. The summed E-state index contributed by atoms with van der Waals surface area (Å²) < 4.78 is 38.3. The molecule has 0 saturated heterocycles. The van der Waals surface area contributed by atoms with Crippen LogP contribution in [0.25, 0.3) is 0 Å². The smallest absolute Gasteiger partial charge is 0.244 e. The van der Waals surface area contributed by atoms with E-state index in [2.05, 4.69) is 5.32 Å². The molecule has 1 aliphatic heterocycles. The maximum absolute atomic E-state index is 14.2. The van der Waals surface area contributed by atoms with Gasteiger partial charge in [-0.25, -0.2) is 8.42 Å². The first-order valence-corrected chi connectivity index (χ1v) is 16.0. The van der Waals surface area contributed by atoms with Crippen molar-refractivity contribution >= 4 is 39.1 Å². The van der Waals surface area contributed by atoms with Crippen LogP contribution in [0.5, 0.6) is 11.5 Å². The predicted molar refractivity (Wildman–Crippen MR) is 163 cm³/mol. The number of amides is 2. The monoisotopic (exact) mass is 613 g/mol. The zero-order valence-electron chi connectivity index (χ0n) is 24.0. The van der Waals surface area contributed by atoms with Crippen LogP contribution in [0, 0.1) is 0 Å². The lowest BCUT2D eigenvalue weighted by Crippen LogP contribution is -2.54. The molecule has 11 heteroatoms. The highest BCUT2D eigenvalue weighted by Crippen LogP contribution is 2.35. The maximum Gasteiger partial charge on any atom is 0.244 e. The van der Waals surface area contributed by atoms with Crippen molar-refractivity contribution in [1.29, 1.82) is 0 Å². The molecule has 0 fully saturated rings. The van der Waals surface area contributed by atoms with E-state index in [4.69, 9.17) is 21.1 Å². The molecule has 9 nitrogen and oxygen atoms in total. The Morgan fingerprint density at radius 1 is 0.952 bits per heavy atom. The lowest BCUT2D eigenvalue weighted by molar-refractivity contribution is -0.140. The van der Waals surface area contributed by atoms with E-state index in [1.54, 1.807) is 42.5 Å². The van der Waals surface area contributed by atoms with Crippen molar-refractivity contribution in [2.24, 2.45) is 0 Å². The van der Waals surface area contributed by atoms with Crippen molar-refractivity contribution in [3.63, 3.8) is 0 Å². The second-order valence-corrected chi connectivity index (χ2v) is 12.6. The third-order valence-corrected chi connectivity index (χ3v) is 8.42. The minimum atomic E-state index is -3.91. The van der Waals surface area contributed by atoms with Gasteiger partial charge in [-0.3, -0.25) is 13.9 Å². The van der Waals surface area contributed by atoms with E-state index >= 15 is 0 Å². The van der Waals surface area contributed by atoms with Gasteiger partial charge in [0.05, 0.1) is 11.9 Å². The number of hydrogen-bond acceptors (Lipinski definition) is 6. The van der Waals surface area contributed by atoms with Gasteiger partial charge in [0.15, 0.2) is 11.5 Å². The summed E-state index contributed by atoms with van der Waals surface area (Å²) in [5, 5.41) is 3.55. The second kappa shape index (κ2) is 13.9. The van der Waals surface area contributed by atoms with Crippen molar-refractivity contribution in [2.75, 3.05) is 30.3 Å². The number of ether oxygens (including phenoxy) is 2. The molecule has 1 heterocycles. The molecule has 2 amide bonds. The van der Waals surface area contributed by atoms with Gasteiger partial charge in [0.1, 0.15) is 25.8 Å². The fourth-order valence-electron chi connectivity index (χ4n) is 4.58. The van der Waals surface area contributed by atoms with Crippen molar-refractivity contribution in [2.45, 2.75) is 45.3 Å². The Balaban J connectivity index is 1.73. The molecule has 1 N–H and O–H groups in total. The minimum Gasteiger partial charge on any atom is -0.486 e. The van der Waals surface area contributed by atoms with Gasteiger partial charge < -0.3 is 19.7 Å². The summed E-state index contributed by atoms with van der Waals surface area (Å²) in [5.74, 6) is 0.0396. The molecular weight excluding hydrogens is 578 g/mol. The van der Waals surface area contributed by atoms with Crippen LogP contribution < -0.4 is 19.1 Å². The van der Waals surface area contributed by atoms with Gasteiger partial charge in [0.2, 0.25) is 21.8 Å². The fourth-order valence-corrected chi connectivity index (χ4v) is 5.55. The molecule has 0 radical (unpaired) electrons. The molecule has 42 heavy (non-hydrogen) atoms. The fraction of sp³-hybridized carbons (Fsp3) is 0.355. The Hall–Kier alpha value is -3.76. The van der Waals surface area contributed by atoms with Crippen LogP contribution >= 0.6 is 11.6 Å². The summed E-state index contributed by atoms with van der Waals surface area (Å²) in [6.07, 6.45) is 1.99. The first-order chi connectivity index (χ1) is 20.0. The molecule has 1 aliphatic rings. The minimum absolute atomic E-state index is 0.0696. The Labute approximate surface area is 252 Å². The zero-order chi connectivity index (χ0) is 30.3. The predicted octanol–water partition coefficient (Wildman–Crippen LogP) is 4.43. The highest BCUT2D eigenvalue weighted by molar-refractivity contribution is 7.92. The number of rotatable bonds is 12. The van der Waals surface area contributed by atoms with Crippen molar-refractivity contribution < 1.29 is 27.5 Å². The first-order valence-electron chi connectivity index (χ1n) is 13.8. The van der Waals surface area contributed by atoms with E-state index in [1.807, 2.05) is 44.2 Å². The van der Waals surface area contributed by atoms with Crippen LogP contribution in [0.3, 0.4) is 0 Å². The van der Waals surface area contributed by atoms with E-state index in [0.29, 0.717) is 36.2 Å². The van der Waals surface area contributed by atoms with Crippen LogP contribution in [0.15, 0.2) is 72.8 Å². The quantitative estimate of drug-likeness (QED) is 0.324. The number of fused-ring (bicyclic) bond motifs is 1. The molecule has 0 saturated carbocycles. The average molecular weight is 614 g/mol. The second-order valence-electron chi connectivity index (χ2n) is 10.3. The highest BCUT2D eigenvalue weighted by atomic mass is 35.5. The van der Waals surface area contributed by atoms with E-state index in [9.17, 15) is 18.0 Å². The summed E-state index contributed by atoms with van der Waals surface area (Å²) in [6.45, 7) is 4.13. The van der Waals surface area contributed by atoms with Crippen molar-refractivity contribution in [3.8, 4) is 11.5 Å². The number of carbonyl (C=O) groups is 2. The Bertz CT molecular complexity index is 1480. The molecule has 224 valence electrons. The topological polar surface area (TPSA) is 105 Å². The summed E-state index contributed by atoms with van der Waals surface area (Å²) in [4.78, 5) is 29.4. The van der Waals surface area contributed by atoms with Gasteiger partial charge in [-0.1, -0.05) is 61.0 Å². The van der Waals surface area contributed by atoms with E-state index in [-0.39, 0.29) is 30.6 Å². The highest BCUT2D eigenvalue weighted by Gasteiger charge is 2.33. The molecule has 4 rings (SSSR count). The summed E-state index contributed by atoms with van der Waals surface area (Å²) >= 11 is 6.10. The van der Waals surface area contributed by atoms with E-state index < -0.39 is 28.5 Å². The first kappa shape index (κ1) is 31.2. The van der Waals surface area contributed by atoms with Gasteiger partial charge >= 0.3 is 0 Å². The molecule has 0 aromatic heterocycles. The van der Waals surface area contributed by atoms with Crippen LogP contribution in [-0.2, 0) is 32.6 Å². The number of hydrogen-bond donors (Lipinski definition) is 1. The molecule has 0 aliphatic carbocycles. The van der Waals surface area contributed by atoms with Gasteiger partial charge in [0, 0.05) is 30.1 Å². The Morgan fingerprint density at radius 2 is 1.62 bits per heavy atom. The van der Waals surface area contributed by atoms with Gasteiger partial charge in [-0.15, -0.1) is 0 Å². The molecule has 3 aromatic carbocycles. The van der Waals surface area contributed by atoms with Crippen molar-refractivity contribution in [3.05, 3.63) is 88.9 Å². The summed E-state index contributed by atoms with van der Waals surface area (Å²) in [5.41, 5.74) is 1.86. The normalized spacial score (nSPS) is 14.0. The number of sulfonamides is 1. The van der Waals surface area contributed by atoms with Crippen LogP contribution in [0.1, 0.15) is 31.4 Å². The molecule has 2 atom stereocenters. The largest absolute Gasteiger partial charge is 0.486 e. The lowest BCUT2D eigenvalue weighted by Gasteiger charge is -2.34. The number of benzene rings is 3. The number of nitrogens with zero attached hydrogens (tertiary/aromatic N) is 2. The Kier molecular flexibility index (Phi) is 10.3. The third-order valence-electron chi connectivity index (χ3n) is 7.03. The van der Waals surface area contributed by atoms with Gasteiger partial charge in [0.25, 0.3) is 0 Å². The molecule has 0 spiro atoms. The SMILES string of the molecule is CC[C@H](C)NC(=O)[C@@H](Cc1ccccc1)N(Cc1ccc(Cl)cc1)C(=O)CN(c1ccc2c(c1)OCCO2)S(C)(=O)=O. The van der Waals surface area contributed by atoms with Gasteiger partial charge in [-0.2, -0.15) is 0 Å². The van der Waals surface area contributed by atoms with Crippen LogP contribution in [0.2, 0.25) is 5.02 Å². The number of nitrogens with one attached hydrogen (secondary N) is 1. The summed E-state index contributed by atoms with van der Waals surface area (Å²) in [6, 6.07) is 20.1. The maximum atomic E-state index is 14.2. The number of halogens is 1. The number of anilines is 1. The van der Waals surface area contributed by atoms with Crippen LogP contribution in [-0.4, -0.2) is 63.2 Å². The van der Waals surface area contributed by atoms with Crippen LogP contribution in [0.4, 0.5) is 5.69 Å². The molecular formula is C31H36ClN3O6S. The number of carbonyl (C=O) groups excluding carboxylic acids is 2. The average Bonchev–Trinajstić information content (AvgIpc) is 2.98. The van der Waals surface area contributed by atoms with Crippen molar-refractivity contribution in [1.82, 2.24) is 10.2 Å². The summed E-state index contributed by atoms with van der Waals surface area (Å²) in [7, 11) is -3.91. The lowest BCUT2D eigenvalue weighted by atomic mass is 10.0. The molecule has 0 bridgehead atoms.